The molecule has 0 bridgehead atoms. The molecule has 3 aromatic rings. The maximum absolute atomic E-state index is 12.7. The monoisotopic (exact) mass is 389 g/mol. The van der Waals surface area contributed by atoms with Crippen molar-refractivity contribution in [3.05, 3.63) is 65.9 Å². The minimum Gasteiger partial charge on any atom is -0.488 e. The molecule has 2 aromatic heterocycles. The summed E-state index contributed by atoms with van der Waals surface area (Å²) in [5, 5.41) is 16.6. The van der Waals surface area contributed by atoms with Crippen LogP contribution in [-0.4, -0.2) is 45.4 Å². The van der Waals surface area contributed by atoms with Gasteiger partial charge in [-0.3, -0.25) is 15.0 Å². The Morgan fingerprint density at radius 3 is 3.07 bits per heavy atom. The molecule has 0 spiro atoms. The largest absolute Gasteiger partial charge is 0.488 e. The van der Waals surface area contributed by atoms with E-state index >= 15 is 0 Å². The topological polar surface area (TPSA) is 109 Å². The highest BCUT2D eigenvalue weighted by molar-refractivity contribution is 5.97. The number of nitriles is 1. The summed E-state index contributed by atoms with van der Waals surface area (Å²) < 4.78 is 7.44. The third kappa shape index (κ3) is 4.07. The van der Waals surface area contributed by atoms with E-state index in [1.165, 1.54) is 4.90 Å². The molecule has 1 aromatic carbocycles. The van der Waals surface area contributed by atoms with Crippen LogP contribution in [0.4, 0.5) is 5.82 Å². The molecule has 29 heavy (non-hydrogen) atoms. The van der Waals surface area contributed by atoms with Crippen molar-refractivity contribution in [1.29, 1.82) is 5.26 Å². The fourth-order valence-corrected chi connectivity index (χ4v) is 3.11. The maximum Gasteiger partial charge on any atom is 0.248 e. The number of carbonyl (C=O) groups excluding carboxylic acids is 1. The normalized spacial score (nSPS) is 15.9. The van der Waals surface area contributed by atoms with E-state index in [0.717, 1.165) is 5.56 Å². The lowest BCUT2D eigenvalue weighted by Gasteiger charge is -2.19. The number of rotatable bonds is 5. The summed E-state index contributed by atoms with van der Waals surface area (Å²) in [6.45, 7) is 1.03. The van der Waals surface area contributed by atoms with Gasteiger partial charge in [0.05, 0.1) is 24.7 Å². The van der Waals surface area contributed by atoms with E-state index in [-0.39, 0.29) is 12.5 Å². The second-order valence-corrected chi connectivity index (χ2v) is 6.64. The van der Waals surface area contributed by atoms with Gasteiger partial charge in [0.25, 0.3) is 0 Å². The molecule has 1 aliphatic rings. The van der Waals surface area contributed by atoms with Crippen molar-refractivity contribution in [2.45, 2.75) is 19.1 Å². The first-order valence-electron chi connectivity index (χ1n) is 9.10. The Morgan fingerprint density at radius 1 is 1.31 bits per heavy atom. The predicted molar refractivity (Wildman–Crippen MR) is 104 cm³/mol. The van der Waals surface area contributed by atoms with Gasteiger partial charge >= 0.3 is 0 Å². The molecular weight excluding hydrogens is 370 g/mol. The van der Waals surface area contributed by atoms with Gasteiger partial charge in [-0.25, -0.2) is 14.6 Å². The highest BCUT2D eigenvalue weighted by Gasteiger charge is 2.29. The minimum absolute atomic E-state index is 0.129. The molecule has 146 valence electrons. The van der Waals surface area contributed by atoms with E-state index in [1.54, 1.807) is 42.5 Å². The van der Waals surface area contributed by atoms with Crippen LogP contribution in [0, 0.1) is 11.3 Å². The van der Waals surface area contributed by atoms with Crippen molar-refractivity contribution in [2.75, 3.05) is 18.6 Å². The number of benzene rings is 1. The highest BCUT2D eigenvalue weighted by atomic mass is 16.5. The summed E-state index contributed by atoms with van der Waals surface area (Å²) in [5.41, 5.74) is 1.57. The molecular formula is C20H19N7O2. The van der Waals surface area contributed by atoms with Crippen molar-refractivity contribution in [3.63, 3.8) is 0 Å². The van der Waals surface area contributed by atoms with Gasteiger partial charge in [0.2, 0.25) is 5.91 Å². The second-order valence-electron chi connectivity index (χ2n) is 6.64. The number of likely N-dealkylation sites (N-methyl/N-ethyl adjacent to an activating group) is 1. The van der Waals surface area contributed by atoms with Crippen LogP contribution in [0.1, 0.15) is 17.0 Å². The van der Waals surface area contributed by atoms with Crippen LogP contribution in [0.15, 0.2) is 48.9 Å². The van der Waals surface area contributed by atoms with Crippen LogP contribution in [0.3, 0.4) is 0 Å². The third-order valence-electron chi connectivity index (χ3n) is 4.59. The van der Waals surface area contributed by atoms with Crippen molar-refractivity contribution < 1.29 is 9.53 Å². The SMILES string of the molecule is CN1C(=O)[C@@H](NCc2ncn(Cc3cccc(C#N)c3)n2)COc2cccnc21. The number of anilines is 1. The maximum atomic E-state index is 12.7. The zero-order chi connectivity index (χ0) is 20.2. The van der Waals surface area contributed by atoms with E-state index in [2.05, 4.69) is 26.5 Å². The fourth-order valence-electron chi connectivity index (χ4n) is 3.11. The molecule has 1 amide bonds. The average Bonchev–Trinajstić information content (AvgIpc) is 3.15. The first kappa shape index (κ1) is 18.6. The molecule has 0 aliphatic carbocycles. The molecule has 1 aliphatic heterocycles. The van der Waals surface area contributed by atoms with E-state index in [0.29, 0.717) is 36.0 Å². The van der Waals surface area contributed by atoms with E-state index < -0.39 is 6.04 Å². The Balaban J connectivity index is 1.38. The van der Waals surface area contributed by atoms with Crippen molar-refractivity contribution in [1.82, 2.24) is 25.1 Å². The van der Waals surface area contributed by atoms with Gasteiger partial charge in [0.1, 0.15) is 19.0 Å². The first-order chi connectivity index (χ1) is 14.1. The van der Waals surface area contributed by atoms with Gasteiger partial charge in [-0.2, -0.15) is 10.4 Å². The molecule has 0 radical (unpaired) electrons. The lowest BCUT2D eigenvalue weighted by Crippen LogP contribution is -2.47. The molecule has 4 rings (SSSR count). The number of pyridine rings is 1. The summed E-state index contributed by atoms with van der Waals surface area (Å²) in [7, 11) is 1.68. The lowest BCUT2D eigenvalue weighted by molar-refractivity contribution is -0.120. The summed E-state index contributed by atoms with van der Waals surface area (Å²) in [6.07, 6.45) is 3.26. The first-order valence-corrected chi connectivity index (χ1v) is 9.10. The van der Waals surface area contributed by atoms with Gasteiger partial charge in [-0.1, -0.05) is 12.1 Å². The number of hydrogen-bond acceptors (Lipinski definition) is 7. The lowest BCUT2D eigenvalue weighted by atomic mass is 10.1. The Labute approximate surface area is 167 Å². The Kier molecular flexibility index (Phi) is 5.18. The number of hydrogen-bond donors (Lipinski definition) is 1. The minimum atomic E-state index is -0.534. The smallest absolute Gasteiger partial charge is 0.248 e. The number of nitrogens with one attached hydrogen (secondary N) is 1. The Hall–Kier alpha value is -3.77. The van der Waals surface area contributed by atoms with Crippen LogP contribution in [0.2, 0.25) is 0 Å². The molecule has 0 fully saturated rings. The van der Waals surface area contributed by atoms with Gasteiger partial charge in [0.15, 0.2) is 17.4 Å². The van der Waals surface area contributed by atoms with Crippen molar-refractivity contribution in [2.24, 2.45) is 0 Å². The number of carbonyl (C=O) groups is 1. The molecule has 1 atom stereocenters. The van der Waals surface area contributed by atoms with Crippen molar-refractivity contribution in [3.8, 4) is 11.8 Å². The van der Waals surface area contributed by atoms with E-state index in [4.69, 9.17) is 10.00 Å². The predicted octanol–water partition coefficient (Wildman–Crippen LogP) is 1.11. The number of amides is 1. The van der Waals surface area contributed by atoms with Gasteiger partial charge in [-0.15, -0.1) is 0 Å². The van der Waals surface area contributed by atoms with Crippen molar-refractivity contribution >= 4 is 11.7 Å². The van der Waals surface area contributed by atoms with Crippen LogP contribution >= 0.6 is 0 Å². The Morgan fingerprint density at radius 2 is 2.21 bits per heavy atom. The van der Waals surface area contributed by atoms with Crippen LogP contribution in [-0.2, 0) is 17.9 Å². The van der Waals surface area contributed by atoms with Gasteiger partial charge in [-0.05, 0) is 29.8 Å². The highest BCUT2D eigenvalue weighted by Crippen LogP contribution is 2.27. The standard InChI is InChI=1S/C20H19N7O2/c1-26-19-17(6-3-7-22-19)29-12-16(20(26)28)23-10-18-24-13-27(25-18)11-15-5-2-4-14(8-15)9-21/h2-8,13,16,23H,10-12H2,1H3/t16-/m0/s1. The van der Waals surface area contributed by atoms with E-state index in [9.17, 15) is 4.79 Å². The van der Waals surface area contributed by atoms with Crippen LogP contribution < -0.4 is 15.0 Å². The average molecular weight is 389 g/mol. The summed E-state index contributed by atoms with van der Waals surface area (Å²) in [4.78, 5) is 22.7. The van der Waals surface area contributed by atoms with Gasteiger partial charge < -0.3 is 4.74 Å². The molecule has 3 heterocycles. The molecule has 0 saturated carbocycles. The fraction of sp³-hybridized carbons (Fsp3) is 0.250. The number of ether oxygens (including phenoxy) is 1. The summed E-state index contributed by atoms with van der Waals surface area (Å²) in [6, 6.07) is 12.5. The molecule has 1 N–H and O–H groups in total. The summed E-state index contributed by atoms with van der Waals surface area (Å²) >= 11 is 0. The number of fused-ring (bicyclic) bond motifs is 1. The zero-order valence-corrected chi connectivity index (χ0v) is 15.8. The van der Waals surface area contributed by atoms with E-state index in [1.807, 2.05) is 18.2 Å². The third-order valence-corrected chi connectivity index (χ3v) is 4.59. The summed E-state index contributed by atoms with van der Waals surface area (Å²) in [5.74, 6) is 1.52. The molecule has 0 saturated heterocycles. The second kappa shape index (κ2) is 8.08. The molecule has 9 nitrogen and oxygen atoms in total. The molecule has 0 unspecified atom stereocenters. The Bertz CT molecular complexity index is 1070. The van der Waals surface area contributed by atoms with Crippen LogP contribution in [0.25, 0.3) is 0 Å². The molecule has 9 heteroatoms. The quantitative estimate of drug-likeness (QED) is 0.696. The van der Waals surface area contributed by atoms with Crippen LogP contribution in [0.5, 0.6) is 5.75 Å². The number of nitrogens with zero attached hydrogens (tertiary/aromatic N) is 6. The van der Waals surface area contributed by atoms with Gasteiger partial charge in [0, 0.05) is 13.2 Å². The zero-order valence-electron chi connectivity index (χ0n) is 15.8. The number of aromatic nitrogens is 4.